The van der Waals surface area contributed by atoms with E-state index in [0.29, 0.717) is 52.8 Å². The molecule has 3 saturated carbocycles. The number of allylic oxidation sites excluding steroid dienone is 4. The average Bonchev–Trinajstić information content (AvgIpc) is 3.56. The number of thioether (sulfide) groups is 2. The van der Waals surface area contributed by atoms with E-state index in [1.54, 1.807) is 66.1 Å². The van der Waals surface area contributed by atoms with Gasteiger partial charge in [-0.15, -0.1) is 0 Å². The Morgan fingerprint density at radius 2 is 1.76 bits per heavy atom. The summed E-state index contributed by atoms with van der Waals surface area (Å²) in [6.07, 6.45) is 8.76. The highest BCUT2D eigenvalue weighted by Crippen LogP contribution is 2.64. The standard InChI is InChI=1S/C49H59N9O7S2/c1-27-19-36-35-12-9-31-21-34(59)13-15-48(31,2)40(35)38(60)22-49(36,65)39(27)45(62)52-16-18-67-26-29-6-4-5-28(20-29)25-66-17-14-37(46(63)64)55-44(61)30-7-10-33(11-8-30)58(3)24-32-23-53-43-41(54-32)42(50)56-47(51)57-43/h4-8,10-11,13,15,20-21,23,27,35-40,60,65H,9,12,14,16-19,22,24-26H2,1-3H3,(H,52,62)(H,55,61)(H,63,64)(H4,50,51,53,56,57)/t27-,35?,36?,37?,38?,39?,40?,48?,49?/m1/s1. The molecule has 4 aromatic rings. The van der Waals surface area contributed by atoms with Crippen molar-refractivity contribution in [3.05, 3.63) is 101 Å². The molecule has 2 aromatic heterocycles. The van der Waals surface area contributed by atoms with E-state index >= 15 is 0 Å². The number of carboxylic acid groups (broad SMARTS) is 1. The number of nitrogen functional groups attached to an aromatic ring is 2. The smallest absolute Gasteiger partial charge is 0.326 e. The molecule has 2 aromatic carbocycles. The van der Waals surface area contributed by atoms with E-state index in [2.05, 4.69) is 49.6 Å². The van der Waals surface area contributed by atoms with Gasteiger partial charge in [-0.2, -0.15) is 33.5 Å². The summed E-state index contributed by atoms with van der Waals surface area (Å²) in [6, 6.07) is 14.0. The average molecular weight is 950 g/mol. The van der Waals surface area contributed by atoms with Crippen LogP contribution < -0.4 is 27.0 Å². The number of hydrogen-bond donors (Lipinski definition) is 7. The molecule has 0 aliphatic heterocycles. The summed E-state index contributed by atoms with van der Waals surface area (Å²) in [5, 5.41) is 39.5. The van der Waals surface area contributed by atoms with Crippen LogP contribution in [-0.2, 0) is 32.4 Å². The van der Waals surface area contributed by atoms with Crippen LogP contribution in [0.5, 0.6) is 0 Å². The normalized spacial score (nSPS) is 26.8. The number of aliphatic hydroxyl groups excluding tert-OH is 1. The number of carbonyl (C=O) groups excluding carboxylic acids is 3. The predicted octanol–water partition coefficient (Wildman–Crippen LogP) is 4.94. The van der Waals surface area contributed by atoms with Crippen LogP contribution in [0.3, 0.4) is 0 Å². The van der Waals surface area contributed by atoms with Crippen molar-refractivity contribution < 1.29 is 34.5 Å². The van der Waals surface area contributed by atoms with Crippen molar-refractivity contribution in [2.75, 3.05) is 41.5 Å². The predicted molar refractivity (Wildman–Crippen MR) is 261 cm³/mol. The molecule has 2 amide bonds. The second-order valence-corrected chi connectivity index (χ2v) is 21.0. The van der Waals surface area contributed by atoms with Crippen LogP contribution in [0.15, 0.2) is 78.5 Å². The van der Waals surface area contributed by atoms with Gasteiger partial charge in [-0.1, -0.05) is 49.8 Å². The van der Waals surface area contributed by atoms with Crippen LogP contribution in [-0.4, -0.2) is 102 Å². The molecule has 4 aliphatic carbocycles. The van der Waals surface area contributed by atoms with E-state index in [1.165, 1.54) is 0 Å². The Labute approximate surface area is 398 Å². The summed E-state index contributed by atoms with van der Waals surface area (Å²) in [5.74, 6) is 0.289. The van der Waals surface area contributed by atoms with Crippen LogP contribution in [0.1, 0.15) is 73.1 Å². The first kappa shape index (κ1) is 47.9. The Morgan fingerprint density at radius 3 is 2.49 bits per heavy atom. The molecular formula is C49H59N9O7S2. The molecule has 0 radical (unpaired) electrons. The van der Waals surface area contributed by atoms with Gasteiger partial charge in [0.1, 0.15) is 6.04 Å². The number of carbonyl (C=O) groups is 4. The summed E-state index contributed by atoms with van der Waals surface area (Å²) < 4.78 is 0. The number of ketones is 1. The molecule has 3 fully saturated rings. The van der Waals surface area contributed by atoms with Crippen LogP contribution >= 0.6 is 23.5 Å². The molecule has 2 heterocycles. The number of aliphatic carboxylic acids is 1. The fourth-order valence-corrected chi connectivity index (χ4v) is 13.0. The number of carboxylic acids is 1. The number of nitrogens with one attached hydrogen (secondary N) is 2. The van der Waals surface area contributed by atoms with E-state index in [-0.39, 0.29) is 60.0 Å². The zero-order valence-corrected chi connectivity index (χ0v) is 39.6. The van der Waals surface area contributed by atoms with Gasteiger partial charge in [0.2, 0.25) is 11.9 Å². The second-order valence-electron chi connectivity index (χ2n) is 18.7. The van der Waals surface area contributed by atoms with E-state index in [4.69, 9.17) is 11.5 Å². The van der Waals surface area contributed by atoms with Crippen molar-refractivity contribution in [3.63, 3.8) is 0 Å². The van der Waals surface area contributed by atoms with E-state index < -0.39 is 41.0 Å². The van der Waals surface area contributed by atoms with Crippen LogP contribution in [0.2, 0.25) is 0 Å². The summed E-state index contributed by atoms with van der Waals surface area (Å²) >= 11 is 3.31. The fraction of sp³-hybridized carbons (Fsp3) is 0.469. The van der Waals surface area contributed by atoms with Crippen LogP contribution in [0, 0.1) is 35.0 Å². The molecule has 354 valence electrons. The Balaban J connectivity index is 0.751. The monoisotopic (exact) mass is 949 g/mol. The van der Waals surface area contributed by atoms with E-state index in [9.17, 15) is 34.5 Å². The van der Waals surface area contributed by atoms with E-state index in [1.807, 2.05) is 37.1 Å². The van der Waals surface area contributed by atoms with Gasteiger partial charge in [-0.25, -0.2) is 14.8 Å². The summed E-state index contributed by atoms with van der Waals surface area (Å²) in [5.41, 5.74) is 15.6. The Kier molecular flexibility index (Phi) is 14.3. The quantitative estimate of drug-likeness (QED) is 0.0692. The van der Waals surface area contributed by atoms with E-state index in [0.717, 1.165) is 47.4 Å². The molecule has 0 spiro atoms. The lowest BCUT2D eigenvalue weighted by molar-refractivity contribution is -0.174. The number of benzene rings is 2. The SMILES string of the molecule is C[C@@H]1CC2C3CCC4=CC(=O)C=CC4(C)C3C(O)CC2(O)C1C(=O)NCCSCc1cccc(CSCCC(NC(=O)c2ccc(N(C)Cc3cnc4nc(N)nc(N)c4n3)cc2)C(=O)O)c1. The number of anilines is 3. The van der Waals surface area contributed by atoms with Gasteiger partial charge >= 0.3 is 5.97 Å². The van der Waals surface area contributed by atoms with Crippen molar-refractivity contribution in [1.82, 2.24) is 30.6 Å². The van der Waals surface area contributed by atoms with Crippen molar-refractivity contribution in [3.8, 4) is 0 Å². The largest absolute Gasteiger partial charge is 0.480 e. The van der Waals surface area contributed by atoms with Gasteiger partial charge in [-0.05, 0) is 96.7 Å². The van der Waals surface area contributed by atoms with Gasteiger partial charge in [0.15, 0.2) is 22.8 Å². The number of hydrogen-bond acceptors (Lipinski definition) is 15. The molecule has 8 unspecified atom stereocenters. The maximum Gasteiger partial charge on any atom is 0.326 e. The van der Waals surface area contributed by atoms with Crippen LogP contribution in [0.4, 0.5) is 17.5 Å². The highest BCUT2D eigenvalue weighted by Gasteiger charge is 2.66. The van der Waals surface area contributed by atoms with Crippen LogP contribution in [0.25, 0.3) is 11.2 Å². The third-order valence-electron chi connectivity index (χ3n) is 14.3. The summed E-state index contributed by atoms with van der Waals surface area (Å²) in [4.78, 5) is 69.9. The molecule has 9 atom stereocenters. The second kappa shape index (κ2) is 20.0. The molecular weight excluding hydrogens is 891 g/mol. The first-order chi connectivity index (χ1) is 32.0. The zero-order valence-electron chi connectivity index (χ0n) is 37.9. The zero-order chi connectivity index (χ0) is 47.6. The molecule has 0 saturated heterocycles. The summed E-state index contributed by atoms with van der Waals surface area (Å²) in [6.45, 7) is 4.99. The number of rotatable bonds is 17. The van der Waals surface area contributed by atoms with Gasteiger partial charge in [-0.3, -0.25) is 14.4 Å². The van der Waals surface area contributed by atoms with Gasteiger partial charge < -0.3 is 42.3 Å². The molecule has 0 bridgehead atoms. The lowest BCUT2D eigenvalue weighted by Crippen LogP contribution is -2.61. The minimum Gasteiger partial charge on any atom is -0.480 e. The summed E-state index contributed by atoms with van der Waals surface area (Å²) in [7, 11) is 1.86. The molecule has 9 N–H and O–H groups in total. The highest BCUT2D eigenvalue weighted by atomic mass is 32.2. The fourth-order valence-electron chi connectivity index (χ4n) is 11.2. The number of aromatic nitrogens is 4. The minimum atomic E-state index is -1.28. The maximum atomic E-state index is 13.7. The van der Waals surface area contributed by atoms with Crippen molar-refractivity contribution in [1.29, 1.82) is 0 Å². The van der Waals surface area contributed by atoms with Crippen molar-refractivity contribution in [2.45, 2.75) is 81.7 Å². The lowest BCUT2D eigenvalue weighted by atomic mass is 9.49. The molecule has 18 heteroatoms. The van der Waals surface area contributed by atoms with Crippen molar-refractivity contribution >= 4 is 75.7 Å². The Hall–Kier alpha value is -5.56. The van der Waals surface area contributed by atoms with Gasteiger partial charge in [0, 0.05) is 59.9 Å². The van der Waals surface area contributed by atoms with Gasteiger partial charge in [0.05, 0.1) is 36.1 Å². The maximum absolute atomic E-state index is 13.7. The van der Waals surface area contributed by atoms with Gasteiger partial charge in [0.25, 0.3) is 5.91 Å². The number of nitrogens with zero attached hydrogens (tertiary/aromatic N) is 5. The first-order valence-electron chi connectivity index (χ1n) is 22.8. The number of amides is 2. The third-order valence-corrected chi connectivity index (χ3v) is 16.4. The Morgan fingerprint density at radius 1 is 1.03 bits per heavy atom. The third kappa shape index (κ3) is 10.2. The minimum absolute atomic E-state index is 0.0135. The molecule has 8 rings (SSSR count). The molecule has 16 nitrogen and oxygen atoms in total. The highest BCUT2D eigenvalue weighted by molar-refractivity contribution is 7.98. The topological polar surface area (TPSA) is 260 Å². The molecule has 4 aliphatic rings. The lowest BCUT2D eigenvalue weighted by Gasteiger charge is -2.57. The molecule has 67 heavy (non-hydrogen) atoms. The number of nitrogens with two attached hydrogens (primary N) is 2. The Bertz CT molecular complexity index is 2600. The number of aliphatic hydroxyl groups is 2. The number of fused-ring (bicyclic) bond motifs is 6. The first-order valence-corrected chi connectivity index (χ1v) is 25.1. The van der Waals surface area contributed by atoms with Crippen molar-refractivity contribution in [2.24, 2.45) is 35.0 Å².